The molecule has 15 heavy (non-hydrogen) atoms. The summed E-state index contributed by atoms with van der Waals surface area (Å²) < 4.78 is 0. The van der Waals surface area contributed by atoms with E-state index in [9.17, 15) is 0 Å². The van der Waals surface area contributed by atoms with Gasteiger partial charge in [-0.15, -0.1) is 0 Å². The standard InChI is InChI=1S/2C2H7NO.2CH2O2.Cu/c2*3-1-2-4;2*2-1-3;/h2*4H,1-3H2;2*1H,(H,2,3);/q;;;;+2/p-2. The van der Waals surface area contributed by atoms with E-state index in [0.29, 0.717) is 13.1 Å². The minimum atomic E-state index is -0.500. The molecule has 0 fully saturated rings. The molecule has 0 aromatic heterocycles. The molecule has 6 N–H and O–H groups in total. The number of carboxylic acid groups (broad SMARTS) is 2. The van der Waals surface area contributed by atoms with Gasteiger partial charge in [0.15, 0.2) is 0 Å². The predicted molar refractivity (Wildman–Crippen MR) is 44.4 cm³/mol. The van der Waals surface area contributed by atoms with Crippen LogP contribution in [0.1, 0.15) is 0 Å². The van der Waals surface area contributed by atoms with Crippen LogP contribution in [0.4, 0.5) is 0 Å². The third kappa shape index (κ3) is 1010. The molecule has 0 aromatic rings. The second-order valence-corrected chi connectivity index (χ2v) is 1.22. The van der Waals surface area contributed by atoms with Gasteiger partial charge in [0.25, 0.3) is 0 Å². The summed E-state index contributed by atoms with van der Waals surface area (Å²) in [5, 5.41) is 32.0. The molecule has 0 rings (SSSR count). The Morgan fingerprint density at radius 3 is 1.00 bits per heavy atom. The van der Waals surface area contributed by atoms with Crippen LogP contribution in [0.25, 0.3) is 0 Å². The maximum atomic E-state index is 8.25. The van der Waals surface area contributed by atoms with Crippen molar-refractivity contribution < 1.29 is 47.1 Å². The molecule has 0 aliphatic rings. The first-order valence-corrected chi connectivity index (χ1v) is 3.39. The molecule has 1 radical (unpaired) electrons. The van der Waals surface area contributed by atoms with Crippen LogP contribution in [0.15, 0.2) is 0 Å². The molecule has 0 aliphatic heterocycles. The van der Waals surface area contributed by atoms with Gasteiger partial charge in [-0.2, -0.15) is 0 Å². The van der Waals surface area contributed by atoms with E-state index in [1.807, 2.05) is 0 Å². The Bertz CT molecular complexity index is 74.0. The SMILES string of the molecule is NCCO.NCCO.O=C[O-].O=C[O-].[Cu+2]. The largest absolute Gasteiger partial charge is 2.00 e. The van der Waals surface area contributed by atoms with Crippen LogP contribution in [-0.2, 0) is 26.7 Å². The van der Waals surface area contributed by atoms with Crippen molar-refractivity contribution in [1.82, 2.24) is 0 Å². The normalized spacial score (nSPS) is 5.60. The van der Waals surface area contributed by atoms with Crippen molar-refractivity contribution >= 4 is 12.9 Å². The summed E-state index contributed by atoms with van der Waals surface area (Å²) in [6.07, 6.45) is 0. The van der Waals surface area contributed by atoms with Gasteiger partial charge in [0, 0.05) is 26.0 Å². The number of aliphatic hydroxyl groups is 2. The second kappa shape index (κ2) is 71.6. The number of hydrogen-bond donors (Lipinski definition) is 4. The van der Waals surface area contributed by atoms with Crippen LogP contribution < -0.4 is 21.7 Å². The van der Waals surface area contributed by atoms with Crippen molar-refractivity contribution in [1.29, 1.82) is 0 Å². The van der Waals surface area contributed by atoms with Gasteiger partial charge in [-0.3, -0.25) is 0 Å². The zero-order valence-electron chi connectivity index (χ0n) is 7.97. The van der Waals surface area contributed by atoms with Gasteiger partial charge in [-0.25, -0.2) is 0 Å². The summed E-state index contributed by atoms with van der Waals surface area (Å²) in [6.45, 7) is -0.0556. The van der Waals surface area contributed by atoms with Gasteiger partial charge in [-0.1, -0.05) is 0 Å². The van der Waals surface area contributed by atoms with E-state index >= 15 is 0 Å². The van der Waals surface area contributed by atoms with Crippen LogP contribution in [0.2, 0.25) is 0 Å². The molecule has 0 bridgehead atoms. The van der Waals surface area contributed by atoms with E-state index in [1.165, 1.54) is 0 Å². The molecule has 0 spiro atoms. The zero-order valence-corrected chi connectivity index (χ0v) is 8.91. The van der Waals surface area contributed by atoms with Crippen molar-refractivity contribution in [3.63, 3.8) is 0 Å². The first-order valence-electron chi connectivity index (χ1n) is 3.39. The second-order valence-electron chi connectivity index (χ2n) is 1.22. The Balaban J connectivity index is -0.0000000293. The van der Waals surface area contributed by atoms with Gasteiger partial charge in [0.2, 0.25) is 0 Å². The average molecular weight is 276 g/mol. The number of rotatable bonds is 2. The molecule has 8 nitrogen and oxygen atoms in total. The van der Waals surface area contributed by atoms with E-state index in [0.717, 1.165) is 0 Å². The third-order valence-corrected chi connectivity index (χ3v) is 0.258. The van der Waals surface area contributed by atoms with E-state index in [4.69, 9.17) is 41.5 Å². The first kappa shape index (κ1) is 29.2. The van der Waals surface area contributed by atoms with Crippen molar-refractivity contribution in [2.75, 3.05) is 26.3 Å². The molecule has 97 valence electrons. The molecule has 0 saturated heterocycles. The number of hydrogen-bond acceptors (Lipinski definition) is 8. The molecule has 0 aromatic carbocycles. The van der Waals surface area contributed by atoms with Crippen molar-refractivity contribution in [2.45, 2.75) is 0 Å². The van der Waals surface area contributed by atoms with Gasteiger partial charge < -0.3 is 41.5 Å². The zero-order chi connectivity index (χ0) is 12.2. The van der Waals surface area contributed by atoms with Gasteiger partial charge in [-0.05, 0) is 0 Å². The topological polar surface area (TPSA) is 173 Å². The molecule has 9 heteroatoms. The Morgan fingerprint density at radius 1 is 0.933 bits per heavy atom. The Labute approximate surface area is 98.4 Å². The Kier molecular flexibility index (Phi) is 140. The third-order valence-electron chi connectivity index (χ3n) is 0.258. The van der Waals surface area contributed by atoms with E-state index in [2.05, 4.69) is 0 Å². The van der Waals surface area contributed by atoms with Crippen LogP contribution in [-0.4, -0.2) is 49.5 Å². The summed E-state index contributed by atoms with van der Waals surface area (Å²) in [6, 6.07) is 0. The molecule has 0 heterocycles. The summed E-state index contributed by atoms with van der Waals surface area (Å²) in [5.41, 5.74) is 9.56. The first-order chi connectivity index (χ1) is 6.66. The van der Waals surface area contributed by atoms with Gasteiger partial charge in [0.1, 0.15) is 0 Å². The number of carbonyl (C=O) groups is 2. The fourth-order valence-corrected chi connectivity index (χ4v) is 0. The van der Waals surface area contributed by atoms with E-state index in [-0.39, 0.29) is 30.3 Å². The summed E-state index contributed by atoms with van der Waals surface area (Å²) in [4.78, 5) is 16.5. The quantitative estimate of drug-likeness (QED) is 0.285. The maximum Gasteiger partial charge on any atom is 2.00 e. The van der Waals surface area contributed by atoms with Crippen LogP contribution >= 0.6 is 0 Å². The molecule has 0 amide bonds. The minimum Gasteiger partial charge on any atom is -0.554 e. The van der Waals surface area contributed by atoms with Crippen LogP contribution in [0.5, 0.6) is 0 Å². The van der Waals surface area contributed by atoms with Gasteiger partial charge >= 0.3 is 17.1 Å². The van der Waals surface area contributed by atoms with Crippen LogP contribution in [0.3, 0.4) is 0 Å². The van der Waals surface area contributed by atoms with Crippen LogP contribution in [0, 0.1) is 0 Å². The molecular weight excluding hydrogens is 260 g/mol. The fraction of sp³-hybridized carbons (Fsp3) is 0.667. The van der Waals surface area contributed by atoms with Crippen molar-refractivity contribution in [3.05, 3.63) is 0 Å². The number of aliphatic hydroxyl groups excluding tert-OH is 2. The molecule has 0 aliphatic carbocycles. The average Bonchev–Trinajstić information content (AvgIpc) is 2.20. The monoisotopic (exact) mass is 275 g/mol. The van der Waals surface area contributed by atoms with Crippen molar-refractivity contribution in [2.24, 2.45) is 11.5 Å². The maximum absolute atomic E-state index is 8.25. The number of carbonyl (C=O) groups excluding carboxylic acids is 2. The summed E-state index contributed by atoms with van der Waals surface area (Å²) >= 11 is 0. The number of nitrogens with two attached hydrogens (primary N) is 2. The molecule has 0 unspecified atom stereocenters. The van der Waals surface area contributed by atoms with Gasteiger partial charge in [0.05, 0.1) is 13.2 Å². The minimum absolute atomic E-state index is 0. The summed E-state index contributed by atoms with van der Waals surface area (Å²) in [7, 11) is 0. The summed E-state index contributed by atoms with van der Waals surface area (Å²) in [5.74, 6) is 0. The molecular formula is C6H16CuN2O6. The molecule has 0 saturated carbocycles. The smallest absolute Gasteiger partial charge is 0.554 e. The van der Waals surface area contributed by atoms with E-state index in [1.54, 1.807) is 0 Å². The van der Waals surface area contributed by atoms with E-state index < -0.39 is 12.9 Å². The predicted octanol–water partition coefficient (Wildman–Crippen LogP) is -5.40. The Hall–Kier alpha value is -0.701. The Morgan fingerprint density at radius 2 is 1.00 bits per heavy atom. The molecule has 0 atom stereocenters. The fourth-order valence-electron chi connectivity index (χ4n) is 0. The van der Waals surface area contributed by atoms with Crippen molar-refractivity contribution in [3.8, 4) is 0 Å².